The molecule has 0 saturated heterocycles. The summed E-state index contributed by atoms with van der Waals surface area (Å²) in [6, 6.07) is 3.32. The van der Waals surface area contributed by atoms with Crippen molar-refractivity contribution in [3.05, 3.63) is 35.2 Å². The summed E-state index contributed by atoms with van der Waals surface area (Å²) in [5.41, 5.74) is 0.635. The highest BCUT2D eigenvalue weighted by atomic mass is 32.1. The molecule has 0 bridgehead atoms. The van der Waals surface area contributed by atoms with Gasteiger partial charge in [0.25, 0.3) is 5.03 Å². The van der Waals surface area contributed by atoms with Crippen LogP contribution in [0.15, 0.2) is 29.4 Å². The van der Waals surface area contributed by atoms with Crippen LogP contribution in [0, 0.1) is 5.21 Å². The lowest BCUT2D eigenvalue weighted by atomic mass is 10.2. The second-order valence-electron chi connectivity index (χ2n) is 2.56. The summed E-state index contributed by atoms with van der Waals surface area (Å²) in [5, 5.41) is 11.3. The van der Waals surface area contributed by atoms with Gasteiger partial charge in [-0.25, -0.2) is 0 Å². The van der Waals surface area contributed by atoms with Crippen LogP contribution in [-0.4, -0.2) is 5.78 Å². The summed E-state index contributed by atoms with van der Waals surface area (Å²) in [6.07, 6.45) is 4.32. The molecule has 0 radical (unpaired) electrons. The fraction of sp³-hybridized carbons (Fsp3) is 0.111. The molecule has 1 aromatic heterocycles. The standard InChI is InChI=1S/C9H9NO2S/c1-7(11)4-5-8-3-2-6-10(12)9(8)13/h2-6,13H,1H3/b5-4-. The number of carbonyl (C=O) groups is 1. The van der Waals surface area contributed by atoms with Gasteiger partial charge in [0.15, 0.2) is 12.0 Å². The summed E-state index contributed by atoms with van der Waals surface area (Å²) in [7, 11) is 0. The summed E-state index contributed by atoms with van der Waals surface area (Å²) in [4.78, 5) is 10.6. The van der Waals surface area contributed by atoms with E-state index >= 15 is 0 Å². The highest BCUT2D eigenvalue weighted by Gasteiger charge is 2.03. The van der Waals surface area contributed by atoms with Crippen molar-refractivity contribution in [1.82, 2.24) is 0 Å². The Morgan fingerprint density at radius 2 is 2.38 bits per heavy atom. The molecule has 1 rings (SSSR count). The molecule has 0 aromatic carbocycles. The van der Waals surface area contributed by atoms with Gasteiger partial charge < -0.3 is 5.21 Å². The minimum Gasteiger partial charge on any atom is -0.618 e. The number of hydrogen-bond donors (Lipinski definition) is 1. The van der Waals surface area contributed by atoms with Crippen molar-refractivity contribution in [1.29, 1.82) is 0 Å². The zero-order valence-corrected chi connectivity index (χ0v) is 7.99. The maximum absolute atomic E-state index is 11.0. The van der Waals surface area contributed by atoms with E-state index in [1.165, 1.54) is 19.2 Å². The molecule has 3 nitrogen and oxygen atoms in total. The lowest BCUT2D eigenvalue weighted by Crippen LogP contribution is -2.27. The summed E-state index contributed by atoms with van der Waals surface area (Å²) < 4.78 is 0.642. The van der Waals surface area contributed by atoms with E-state index < -0.39 is 0 Å². The van der Waals surface area contributed by atoms with E-state index in [1.807, 2.05) is 0 Å². The summed E-state index contributed by atoms with van der Waals surface area (Å²) in [5.74, 6) is -0.0611. The Morgan fingerprint density at radius 3 is 3.00 bits per heavy atom. The van der Waals surface area contributed by atoms with Crippen LogP contribution in [-0.2, 0) is 4.79 Å². The van der Waals surface area contributed by atoms with Crippen molar-refractivity contribution < 1.29 is 9.52 Å². The topological polar surface area (TPSA) is 44.0 Å². The number of carbonyl (C=O) groups excluding carboxylic acids is 1. The van der Waals surface area contributed by atoms with Gasteiger partial charge >= 0.3 is 0 Å². The molecule has 0 amide bonds. The third kappa shape index (κ3) is 2.59. The van der Waals surface area contributed by atoms with Crippen LogP contribution in [0.2, 0.25) is 0 Å². The number of thiol groups is 1. The van der Waals surface area contributed by atoms with Crippen LogP contribution in [0.5, 0.6) is 0 Å². The zero-order chi connectivity index (χ0) is 9.84. The summed E-state index contributed by atoms with van der Waals surface area (Å²) >= 11 is 4.00. The molecule has 0 aliphatic carbocycles. The third-order valence-corrected chi connectivity index (χ3v) is 1.92. The quantitative estimate of drug-likeness (QED) is 0.333. The number of aromatic nitrogens is 1. The summed E-state index contributed by atoms with van der Waals surface area (Å²) in [6.45, 7) is 1.45. The average Bonchev–Trinajstić information content (AvgIpc) is 2.07. The Hall–Kier alpha value is -1.29. The Morgan fingerprint density at radius 1 is 1.69 bits per heavy atom. The number of nitrogens with zero attached hydrogens (tertiary/aromatic N) is 1. The molecule has 4 heteroatoms. The second kappa shape index (κ2) is 4.09. The molecule has 0 aliphatic heterocycles. The predicted molar refractivity (Wildman–Crippen MR) is 52.4 cm³/mol. The number of ketones is 1. The molecule has 0 spiro atoms. The first-order valence-corrected chi connectivity index (χ1v) is 4.16. The van der Waals surface area contributed by atoms with Gasteiger partial charge in [-0.05, 0) is 25.1 Å². The van der Waals surface area contributed by atoms with E-state index in [0.717, 1.165) is 0 Å². The van der Waals surface area contributed by atoms with Gasteiger partial charge in [-0.1, -0.05) is 12.6 Å². The molecular weight excluding hydrogens is 186 g/mol. The van der Waals surface area contributed by atoms with Crippen molar-refractivity contribution in [2.75, 3.05) is 0 Å². The van der Waals surface area contributed by atoms with Gasteiger partial charge in [0.05, 0.1) is 5.56 Å². The molecule has 0 unspecified atom stereocenters. The van der Waals surface area contributed by atoms with E-state index in [0.29, 0.717) is 15.3 Å². The monoisotopic (exact) mass is 195 g/mol. The number of hydrogen-bond acceptors (Lipinski definition) is 3. The predicted octanol–water partition coefficient (Wildman–Crippen LogP) is 1.21. The van der Waals surface area contributed by atoms with Crippen LogP contribution in [0.1, 0.15) is 12.5 Å². The number of allylic oxidation sites excluding steroid dienone is 1. The number of rotatable bonds is 2. The first-order chi connectivity index (χ1) is 6.11. The Kier molecular flexibility index (Phi) is 3.08. The molecule has 1 heterocycles. The minimum absolute atomic E-state index is 0.0611. The lowest BCUT2D eigenvalue weighted by Gasteiger charge is -2.00. The van der Waals surface area contributed by atoms with E-state index in [4.69, 9.17) is 0 Å². The van der Waals surface area contributed by atoms with Crippen molar-refractivity contribution >= 4 is 24.5 Å². The lowest BCUT2D eigenvalue weighted by molar-refractivity contribution is -0.645. The molecular formula is C9H9NO2S. The SMILES string of the molecule is CC(=O)/C=C\c1ccc[n+]([O-])c1S. The smallest absolute Gasteiger partial charge is 0.255 e. The molecule has 68 valence electrons. The van der Waals surface area contributed by atoms with Crippen LogP contribution < -0.4 is 4.73 Å². The van der Waals surface area contributed by atoms with Crippen LogP contribution in [0.3, 0.4) is 0 Å². The maximum Gasteiger partial charge on any atom is 0.255 e. The van der Waals surface area contributed by atoms with Gasteiger partial charge in [-0.2, -0.15) is 4.73 Å². The highest BCUT2D eigenvalue weighted by Crippen LogP contribution is 2.09. The Bertz CT molecular complexity index is 361. The zero-order valence-electron chi connectivity index (χ0n) is 7.10. The first-order valence-electron chi connectivity index (χ1n) is 3.71. The normalized spacial score (nSPS) is 10.6. The molecule has 1 aromatic rings. The number of pyridine rings is 1. The van der Waals surface area contributed by atoms with Crippen LogP contribution in [0.25, 0.3) is 6.08 Å². The maximum atomic E-state index is 11.0. The van der Waals surface area contributed by atoms with E-state index in [9.17, 15) is 10.0 Å². The van der Waals surface area contributed by atoms with Crippen LogP contribution in [0.4, 0.5) is 0 Å². The largest absolute Gasteiger partial charge is 0.618 e. The van der Waals surface area contributed by atoms with Crippen molar-refractivity contribution in [3.8, 4) is 0 Å². The van der Waals surface area contributed by atoms with E-state index in [2.05, 4.69) is 12.6 Å². The van der Waals surface area contributed by atoms with Gasteiger partial charge in [0.2, 0.25) is 0 Å². The Balaban J connectivity index is 3.02. The first kappa shape index (κ1) is 9.80. The van der Waals surface area contributed by atoms with Crippen molar-refractivity contribution in [2.24, 2.45) is 0 Å². The average molecular weight is 195 g/mol. The van der Waals surface area contributed by atoms with Crippen molar-refractivity contribution in [3.63, 3.8) is 0 Å². The Labute approximate surface area is 81.7 Å². The molecule has 0 aliphatic rings. The molecule has 0 saturated carbocycles. The van der Waals surface area contributed by atoms with Crippen molar-refractivity contribution in [2.45, 2.75) is 11.9 Å². The third-order valence-electron chi connectivity index (χ3n) is 1.46. The molecule has 0 atom stereocenters. The molecule has 0 N–H and O–H groups in total. The molecule has 13 heavy (non-hydrogen) atoms. The van der Waals surface area contributed by atoms with Gasteiger partial charge in [-0.3, -0.25) is 4.79 Å². The van der Waals surface area contributed by atoms with E-state index in [-0.39, 0.29) is 5.78 Å². The van der Waals surface area contributed by atoms with Gasteiger partial charge in [0.1, 0.15) is 0 Å². The van der Waals surface area contributed by atoms with E-state index in [1.54, 1.807) is 18.2 Å². The van der Waals surface area contributed by atoms with Crippen LogP contribution >= 0.6 is 12.6 Å². The highest BCUT2D eigenvalue weighted by molar-refractivity contribution is 7.80. The second-order valence-corrected chi connectivity index (χ2v) is 2.98. The fourth-order valence-electron chi connectivity index (χ4n) is 0.834. The molecule has 0 fully saturated rings. The van der Waals surface area contributed by atoms with Gasteiger partial charge in [-0.15, -0.1) is 0 Å². The van der Waals surface area contributed by atoms with Gasteiger partial charge in [0, 0.05) is 6.07 Å². The fourth-order valence-corrected chi connectivity index (χ4v) is 1.05. The minimum atomic E-state index is -0.0611.